The molecule has 0 saturated heterocycles. The predicted molar refractivity (Wildman–Crippen MR) is 88.2 cm³/mol. The van der Waals surface area contributed by atoms with E-state index in [0.717, 1.165) is 22.4 Å². The molecular weight excluding hydrogens is 296 g/mol. The summed E-state index contributed by atoms with van der Waals surface area (Å²) in [4.78, 5) is 21.6. The summed E-state index contributed by atoms with van der Waals surface area (Å²) in [6.45, 7) is 8.68. The molecule has 0 heterocycles. The lowest BCUT2D eigenvalue weighted by Crippen LogP contribution is -2.14. The van der Waals surface area contributed by atoms with Crippen molar-refractivity contribution in [3.8, 4) is 5.75 Å². The van der Waals surface area contributed by atoms with E-state index in [1.54, 1.807) is 7.11 Å². The average Bonchev–Trinajstić information content (AvgIpc) is 2.49. The summed E-state index contributed by atoms with van der Waals surface area (Å²) in [5.41, 5.74) is 2.94. The summed E-state index contributed by atoms with van der Waals surface area (Å²) in [5, 5.41) is 9.13. The zero-order chi connectivity index (χ0) is 17.6. The maximum atomic E-state index is 11.1. The third kappa shape index (κ3) is 4.98. The van der Waals surface area contributed by atoms with Gasteiger partial charge >= 0.3 is 5.97 Å². The van der Waals surface area contributed by atoms with E-state index in [-0.39, 0.29) is 30.8 Å². The molecular formula is C18H26O5. The standard InChI is InChI=1S/C18H26O5/c1-11(2)15-6-13(7-16(12(3)4)18(15)22-5)14(8-17(20)21)9-23-10-19/h6-7,10-12,14H,8-9H2,1-5H3,(H,20,21). The van der Waals surface area contributed by atoms with Crippen molar-refractivity contribution in [2.45, 2.75) is 51.9 Å². The Morgan fingerprint density at radius 1 is 1.17 bits per heavy atom. The first-order valence-electron chi connectivity index (χ1n) is 7.80. The summed E-state index contributed by atoms with van der Waals surface area (Å²) >= 11 is 0. The van der Waals surface area contributed by atoms with Crippen LogP contribution in [0.1, 0.15) is 68.6 Å². The van der Waals surface area contributed by atoms with Crippen LogP contribution in [-0.4, -0.2) is 31.3 Å². The van der Waals surface area contributed by atoms with Gasteiger partial charge in [0.2, 0.25) is 0 Å². The highest BCUT2D eigenvalue weighted by molar-refractivity contribution is 5.68. The zero-order valence-electron chi connectivity index (χ0n) is 14.5. The Bertz CT molecular complexity index is 519. The Balaban J connectivity index is 3.41. The van der Waals surface area contributed by atoms with E-state index in [1.807, 2.05) is 12.1 Å². The van der Waals surface area contributed by atoms with Crippen LogP contribution in [0.4, 0.5) is 0 Å². The average molecular weight is 322 g/mol. The van der Waals surface area contributed by atoms with Crippen molar-refractivity contribution < 1.29 is 24.2 Å². The molecule has 1 atom stereocenters. The maximum Gasteiger partial charge on any atom is 0.304 e. The quantitative estimate of drug-likeness (QED) is 0.702. The Morgan fingerprint density at radius 3 is 2.04 bits per heavy atom. The van der Waals surface area contributed by atoms with E-state index in [9.17, 15) is 9.59 Å². The SMILES string of the molecule is COc1c(C(C)C)cc(C(COC=O)CC(=O)O)cc1C(C)C. The number of methoxy groups -OCH3 is 1. The second-order valence-electron chi connectivity index (χ2n) is 6.27. The fraction of sp³-hybridized carbons (Fsp3) is 0.556. The minimum absolute atomic E-state index is 0.0528. The van der Waals surface area contributed by atoms with Gasteiger partial charge in [-0.05, 0) is 28.5 Å². The van der Waals surface area contributed by atoms with Crippen LogP contribution < -0.4 is 4.74 Å². The van der Waals surface area contributed by atoms with Gasteiger partial charge in [-0.3, -0.25) is 9.59 Å². The minimum atomic E-state index is -0.919. The van der Waals surface area contributed by atoms with Gasteiger partial charge in [0, 0.05) is 5.92 Å². The number of carbonyl (C=O) groups excluding carboxylic acids is 1. The van der Waals surface area contributed by atoms with Crippen molar-refractivity contribution >= 4 is 12.4 Å². The smallest absolute Gasteiger partial charge is 0.304 e. The molecule has 0 aliphatic carbocycles. The van der Waals surface area contributed by atoms with Crippen LogP contribution in [0.15, 0.2) is 12.1 Å². The highest BCUT2D eigenvalue weighted by Gasteiger charge is 2.22. The summed E-state index contributed by atoms with van der Waals surface area (Å²) in [6.07, 6.45) is -0.0881. The summed E-state index contributed by atoms with van der Waals surface area (Å²) < 4.78 is 10.4. The van der Waals surface area contributed by atoms with Gasteiger partial charge in [0.25, 0.3) is 6.47 Å². The third-order valence-electron chi connectivity index (χ3n) is 3.87. The van der Waals surface area contributed by atoms with Crippen LogP contribution in [0.5, 0.6) is 5.75 Å². The molecule has 1 unspecified atom stereocenters. The largest absolute Gasteiger partial charge is 0.496 e. The van der Waals surface area contributed by atoms with E-state index in [4.69, 9.17) is 14.6 Å². The molecule has 23 heavy (non-hydrogen) atoms. The first-order valence-corrected chi connectivity index (χ1v) is 7.80. The molecule has 0 fully saturated rings. The Labute approximate surface area is 137 Å². The first kappa shape index (κ1) is 19.0. The molecule has 0 spiro atoms. The molecule has 1 N–H and O–H groups in total. The molecule has 1 aromatic rings. The van der Waals surface area contributed by atoms with Gasteiger partial charge in [-0.15, -0.1) is 0 Å². The second kappa shape index (κ2) is 8.56. The van der Waals surface area contributed by atoms with Crippen molar-refractivity contribution in [1.29, 1.82) is 0 Å². The van der Waals surface area contributed by atoms with Crippen LogP contribution in [0, 0.1) is 0 Å². The van der Waals surface area contributed by atoms with Crippen LogP contribution in [0.2, 0.25) is 0 Å². The van der Waals surface area contributed by atoms with Gasteiger partial charge in [0.05, 0.1) is 20.1 Å². The lowest BCUT2D eigenvalue weighted by molar-refractivity contribution is -0.139. The fourth-order valence-corrected chi connectivity index (χ4v) is 2.67. The van der Waals surface area contributed by atoms with Crippen LogP contribution in [0.3, 0.4) is 0 Å². The van der Waals surface area contributed by atoms with Gasteiger partial charge in [0.1, 0.15) is 5.75 Å². The van der Waals surface area contributed by atoms with E-state index in [2.05, 4.69) is 27.7 Å². The number of hydrogen-bond acceptors (Lipinski definition) is 4. The predicted octanol–water partition coefficient (Wildman–Crippen LogP) is 3.67. The van der Waals surface area contributed by atoms with Crippen molar-refractivity contribution in [3.63, 3.8) is 0 Å². The van der Waals surface area contributed by atoms with E-state index in [0.29, 0.717) is 6.47 Å². The maximum absolute atomic E-state index is 11.1. The summed E-state index contributed by atoms with van der Waals surface area (Å²) in [6, 6.07) is 3.94. The number of hydrogen-bond donors (Lipinski definition) is 1. The Kier molecular flexibility index (Phi) is 7.07. The summed E-state index contributed by atoms with van der Waals surface area (Å²) in [5.74, 6) is 0.0278. The third-order valence-corrected chi connectivity index (χ3v) is 3.87. The Hall–Kier alpha value is -2.04. The van der Waals surface area contributed by atoms with Crippen molar-refractivity contribution in [2.24, 2.45) is 0 Å². The van der Waals surface area contributed by atoms with Gasteiger partial charge < -0.3 is 14.6 Å². The minimum Gasteiger partial charge on any atom is -0.496 e. The lowest BCUT2D eigenvalue weighted by Gasteiger charge is -2.23. The topological polar surface area (TPSA) is 72.8 Å². The highest BCUT2D eigenvalue weighted by Crippen LogP contribution is 2.38. The number of carboxylic acid groups (broad SMARTS) is 1. The molecule has 0 bridgehead atoms. The molecule has 128 valence electrons. The van der Waals surface area contributed by atoms with Gasteiger partial charge in [0.15, 0.2) is 0 Å². The number of benzene rings is 1. The molecule has 0 aromatic heterocycles. The number of rotatable bonds is 9. The zero-order valence-corrected chi connectivity index (χ0v) is 14.5. The van der Waals surface area contributed by atoms with Gasteiger partial charge in [-0.2, -0.15) is 0 Å². The molecule has 0 saturated carbocycles. The summed E-state index contributed by atoms with van der Waals surface area (Å²) in [7, 11) is 1.65. The van der Waals surface area contributed by atoms with Gasteiger partial charge in [-0.25, -0.2) is 0 Å². The molecule has 0 aliphatic rings. The van der Waals surface area contributed by atoms with E-state index in [1.165, 1.54) is 0 Å². The molecule has 1 aromatic carbocycles. The number of ether oxygens (including phenoxy) is 2. The van der Waals surface area contributed by atoms with Crippen LogP contribution >= 0.6 is 0 Å². The van der Waals surface area contributed by atoms with Crippen molar-refractivity contribution in [2.75, 3.05) is 13.7 Å². The number of aliphatic carboxylic acids is 1. The van der Waals surface area contributed by atoms with Gasteiger partial charge in [-0.1, -0.05) is 39.8 Å². The van der Waals surface area contributed by atoms with Crippen LogP contribution in [-0.2, 0) is 14.3 Å². The monoisotopic (exact) mass is 322 g/mol. The normalized spacial score (nSPS) is 12.3. The molecule has 0 amide bonds. The molecule has 1 rings (SSSR count). The second-order valence-corrected chi connectivity index (χ2v) is 6.27. The van der Waals surface area contributed by atoms with Crippen LogP contribution in [0.25, 0.3) is 0 Å². The Morgan fingerprint density at radius 2 is 1.70 bits per heavy atom. The highest BCUT2D eigenvalue weighted by atomic mass is 16.5. The first-order chi connectivity index (χ1) is 10.8. The molecule has 0 radical (unpaired) electrons. The van der Waals surface area contributed by atoms with E-state index < -0.39 is 5.97 Å². The lowest BCUT2D eigenvalue weighted by atomic mass is 9.86. The molecule has 5 nitrogen and oxygen atoms in total. The van der Waals surface area contributed by atoms with Crippen molar-refractivity contribution in [1.82, 2.24) is 0 Å². The molecule has 5 heteroatoms. The number of carbonyl (C=O) groups is 2. The molecule has 0 aliphatic heterocycles. The fourth-order valence-electron chi connectivity index (χ4n) is 2.67. The number of carboxylic acids is 1. The van der Waals surface area contributed by atoms with Crippen molar-refractivity contribution in [3.05, 3.63) is 28.8 Å². The van der Waals surface area contributed by atoms with E-state index >= 15 is 0 Å².